The highest BCUT2D eigenvalue weighted by atomic mass is 35.5. The quantitative estimate of drug-likeness (QED) is 0.632. The van der Waals surface area contributed by atoms with E-state index in [-0.39, 0.29) is 11.9 Å². The van der Waals surface area contributed by atoms with Crippen molar-refractivity contribution in [2.24, 2.45) is 5.73 Å². The largest absolute Gasteiger partial charge is 0.365 e. The zero-order valence-corrected chi connectivity index (χ0v) is 11.6. The van der Waals surface area contributed by atoms with Crippen molar-refractivity contribution in [1.29, 1.82) is 0 Å². The lowest BCUT2D eigenvalue weighted by molar-refractivity contribution is -0.117. The molecule has 0 spiro atoms. The van der Waals surface area contributed by atoms with E-state index in [9.17, 15) is 9.59 Å². The zero-order chi connectivity index (χ0) is 14.7. The predicted molar refractivity (Wildman–Crippen MR) is 76.7 cm³/mol. The molecule has 2 heterocycles. The topological polar surface area (TPSA) is 88.3 Å². The summed E-state index contributed by atoms with van der Waals surface area (Å²) >= 11 is 5.87. The van der Waals surface area contributed by atoms with Crippen LogP contribution in [0.25, 0.3) is 0 Å². The number of carbonyl (C=O) groups excluding carboxylic acids is 2. The molecule has 0 bridgehead atoms. The van der Waals surface area contributed by atoms with Crippen LogP contribution in [0.4, 0.5) is 5.82 Å². The molecule has 0 radical (unpaired) electrons. The number of rotatable bonds is 4. The highest BCUT2D eigenvalue weighted by molar-refractivity contribution is 6.29. The van der Waals surface area contributed by atoms with Gasteiger partial charge in [0.1, 0.15) is 11.0 Å². The first-order valence-electron chi connectivity index (χ1n) is 6.15. The van der Waals surface area contributed by atoms with Gasteiger partial charge in [0.2, 0.25) is 5.91 Å². The van der Waals surface area contributed by atoms with Gasteiger partial charge in [-0.3, -0.25) is 9.59 Å². The maximum Gasteiger partial charge on any atom is 0.252 e. The van der Waals surface area contributed by atoms with E-state index in [1.165, 1.54) is 12.1 Å². The number of aromatic nitrogens is 1. The highest BCUT2D eigenvalue weighted by Crippen LogP contribution is 2.24. The van der Waals surface area contributed by atoms with Crippen molar-refractivity contribution in [2.45, 2.75) is 12.5 Å². The lowest BCUT2D eigenvalue weighted by Crippen LogP contribution is -2.36. The van der Waals surface area contributed by atoms with E-state index in [0.29, 0.717) is 29.6 Å². The number of amides is 2. The SMILES string of the molecule is C=CC(=O)NC1CCN(c2nc(Cl)ccc2C(N)=O)C1. The first-order valence-corrected chi connectivity index (χ1v) is 6.53. The summed E-state index contributed by atoms with van der Waals surface area (Å²) in [5.74, 6) is -0.311. The average Bonchev–Trinajstić information content (AvgIpc) is 2.86. The number of carbonyl (C=O) groups is 2. The third-order valence-electron chi connectivity index (χ3n) is 3.13. The molecule has 1 aromatic rings. The second kappa shape index (κ2) is 5.92. The third kappa shape index (κ3) is 3.08. The fourth-order valence-electron chi connectivity index (χ4n) is 2.19. The number of anilines is 1. The molecule has 1 aliphatic rings. The van der Waals surface area contributed by atoms with Crippen LogP contribution >= 0.6 is 11.6 Å². The van der Waals surface area contributed by atoms with Crippen molar-refractivity contribution in [3.8, 4) is 0 Å². The number of nitrogens with two attached hydrogens (primary N) is 1. The molecule has 1 atom stereocenters. The van der Waals surface area contributed by atoms with Crippen LogP contribution in [0.3, 0.4) is 0 Å². The third-order valence-corrected chi connectivity index (χ3v) is 3.34. The Morgan fingerprint density at radius 1 is 1.55 bits per heavy atom. The van der Waals surface area contributed by atoms with E-state index in [2.05, 4.69) is 16.9 Å². The number of nitrogens with zero attached hydrogens (tertiary/aromatic N) is 2. The summed E-state index contributed by atoms with van der Waals surface area (Å²) in [7, 11) is 0. The first kappa shape index (κ1) is 14.3. The second-order valence-corrected chi connectivity index (χ2v) is 4.90. The van der Waals surface area contributed by atoms with Crippen molar-refractivity contribution in [3.05, 3.63) is 35.5 Å². The van der Waals surface area contributed by atoms with Gasteiger partial charge in [-0.2, -0.15) is 0 Å². The monoisotopic (exact) mass is 294 g/mol. The van der Waals surface area contributed by atoms with Crippen molar-refractivity contribution in [1.82, 2.24) is 10.3 Å². The van der Waals surface area contributed by atoms with Gasteiger partial charge in [-0.05, 0) is 24.6 Å². The van der Waals surface area contributed by atoms with Gasteiger partial charge in [0.15, 0.2) is 0 Å². The average molecular weight is 295 g/mol. The van der Waals surface area contributed by atoms with Gasteiger partial charge in [-0.15, -0.1) is 0 Å². The fraction of sp³-hybridized carbons (Fsp3) is 0.308. The van der Waals surface area contributed by atoms with Gasteiger partial charge < -0.3 is 16.0 Å². The van der Waals surface area contributed by atoms with Crippen LogP contribution < -0.4 is 16.0 Å². The van der Waals surface area contributed by atoms with E-state index >= 15 is 0 Å². The Morgan fingerprint density at radius 3 is 2.95 bits per heavy atom. The maximum absolute atomic E-state index is 11.4. The molecular formula is C13H15ClN4O2. The molecule has 2 rings (SSSR count). The lowest BCUT2D eigenvalue weighted by Gasteiger charge is -2.20. The maximum atomic E-state index is 11.4. The van der Waals surface area contributed by atoms with Crippen LogP contribution in [0.15, 0.2) is 24.8 Å². The summed E-state index contributed by atoms with van der Waals surface area (Å²) < 4.78 is 0. The van der Waals surface area contributed by atoms with Crippen LogP contribution in [0.1, 0.15) is 16.8 Å². The van der Waals surface area contributed by atoms with Crippen LogP contribution in [-0.4, -0.2) is 35.9 Å². The molecule has 1 saturated heterocycles. The summed E-state index contributed by atoms with van der Waals surface area (Å²) in [6.45, 7) is 4.62. The van der Waals surface area contributed by atoms with Crippen LogP contribution in [-0.2, 0) is 4.79 Å². The van der Waals surface area contributed by atoms with Crippen molar-refractivity contribution in [2.75, 3.05) is 18.0 Å². The molecule has 0 aromatic carbocycles. The molecule has 1 unspecified atom stereocenters. The Morgan fingerprint density at radius 2 is 2.30 bits per heavy atom. The smallest absolute Gasteiger partial charge is 0.252 e. The highest BCUT2D eigenvalue weighted by Gasteiger charge is 2.27. The molecular weight excluding hydrogens is 280 g/mol. The molecule has 2 amide bonds. The van der Waals surface area contributed by atoms with Gasteiger partial charge in [0.25, 0.3) is 5.91 Å². The van der Waals surface area contributed by atoms with Crippen LogP contribution in [0.2, 0.25) is 5.15 Å². The Hall–Kier alpha value is -2.08. The molecule has 1 aromatic heterocycles. The molecule has 0 aliphatic carbocycles. The molecule has 7 heteroatoms. The summed E-state index contributed by atoms with van der Waals surface area (Å²) in [6, 6.07) is 3.07. The molecule has 3 N–H and O–H groups in total. The second-order valence-electron chi connectivity index (χ2n) is 4.51. The van der Waals surface area contributed by atoms with Gasteiger partial charge in [-0.1, -0.05) is 18.2 Å². The molecule has 106 valence electrons. The van der Waals surface area contributed by atoms with Gasteiger partial charge in [0.05, 0.1) is 5.56 Å². The first-order chi connectivity index (χ1) is 9.51. The van der Waals surface area contributed by atoms with Crippen LogP contribution in [0.5, 0.6) is 0 Å². The summed E-state index contributed by atoms with van der Waals surface area (Å²) in [6.07, 6.45) is 1.99. The fourth-order valence-corrected chi connectivity index (χ4v) is 2.33. The van der Waals surface area contributed by atoms with E-state index < -0.39 is 5.91 Å². The Labute approximate surface area is 121 Å². The number of pyridine rings is 1. The molecule has 6 nitrogen and oxygen atoms in total. The Balaban J connectivity index is 2.17. The summed E-state index contributed by atoms with van der Waals surface area (Å²) in [4.78, 5) is 28.8. The normalized spacial score (nSPS) is 17.9. The van der Waals surface area contributed by atoms with Gasteiger partial charge in [-0.25, -0.2) is 4.98 Å². The van der Waals surface area contributed by atoms with E-state index in [4.69, 9.17) is 17.3 Å². The number of nitrogens with one attached hydrogen (secondary N) is 1. The summed E-state index contributed by atoms with van der Waals surface area (Å²) in [5.41, 5.74) is 5.66. The zero-order valence-electron chi connectivity index (χ0n) is 10.8. The predicted octanol–water partition coefficient (Wildman–Crippen LogP) is 0.715. The Kier molecular flexibility index (Phi) is 4.24. The van der Waals surface area contributed by atoms with Gasteiger partial charge >= 0.3 is 0 Å². The standard InChI is InChI=1S/C13H15ClN4O2/c1-2-11(19)16-8-5-6-18(7-8)13-9(12(15)20)3-4-10(14)17-13/h2-4,8H,1,5-7H2,(H2,15,20)(H,16,19). The minimum absolute atomic E-state index is 0.0120. The number of hydrogen-bond acceptors (Lipinski definition) is 4. The van der Waals surface area contributed by atoms with Crippen molar-refractivity contribution < 1.29 is 9.59 Å². The number of hydrogen-bond donors (Lipinski definition) is 2. The lowest BCUT2D eigenvalue weighted by atomic mass is 10.2. The molecule has 1 aliphatic heterocycles. The number of halogens is 1. The summed E-state index contributed by atoms with van der Waals surface area (Å²) in [5, 5.41) is 3.11. The van der Waals surface area contributed by atoms with Crippen molar-refractivity contribution in [3.63, 3.8) is 0 Å². The minimum Gasteiger partial charge on any atom is -0.365 e. The Bertz CT molecular complexity index is 561. The van der Waals surface area contributed by atoms with E-state index in [0.717, 1.165) is 6.42 Å². The van der Waals surface area contributed by atoms with Crippen LogP contribution in [0, 0.1) is 0 Å². The van der Waals surface area contributed by atoms with Crippen molar-refractivity contribution >= 4 is 29.2 Å². The molecule has 20 heavy (non-hydrogen) atoms. The molecule has 0 saturated carbocycles. The van der Waals surface area contributed by atoms with E-state index in [1.807, 2.05) is 4.90 Å². The molecule has 1 fully saturated rings. The van der Waals surface area contributed by atoms with Gasteiger partial charge in [0, 0.05) is 19.1 Å². The minimum atomic E-state index is -0.553. The van der Waals surface area contributed by atoms with E-state index in [1.54, 1.807) is 6.07 Å². The number of primary amides is 1.